The molecule has 6 nitrogen and oxygen atoms in total. The molecule has 0 spiro atoms. The van der Waals surface area contributed by atoms with Gasteiger partial charge in [0.15, 0.2) is 6.61 Å². The number of carbonyl (C=O) groups excluding carboxylic acids is 1. The quantitative estimate of drug-likeness (QED) is 0.899. The third-order valence-electron chi connectivity index (χ3n) is 2.87. The lowest BCUT2D eigenvalue weighted by atomic mass is 10.1. The summed E-state index contributed by atoms with van der Waals surface area (Å²) in [6.07, 6.45) is -0.554. The van der Waals surface area contributed by atoms with Gasteiger partial charge in [0, 0.05) is 10.8 Å². The van der Waals surface area contributed by atoms with Crippen LogP contribution in [0.1, 0.15) is 20.8 Å². The molecule has 2 N–H and O–H groups in total. The van der Waals surface area contributed by atoms with Crippen molar-refractivity contribution in [1.82, 2.24) is 0 Å². The molecular weight excluding hydrogens is 298 g/mol. The second-order valence-corrected chi connectivity index (χ2v) is 5.97. The molecule has 0 saturated carbocycles. The highest BCUT2D eigenvalue weighted by molar-refractivity contribution is 6.02. The minimum atomic E-state index is -1.05. The van der Waals surface area contributed by atoms with Crippen LogP contribution >= 0.6 is 0 Å². The van der Waals surface area contributed by atoms with Crippen LogP contribution in [0.4, 0.5) is 10.5 Å². The Morgan fingerprint density at radius 2 is 1.74 bits per heavy atom. The van der Waals surface area contributed by atoms with Gasteiger partial charge in [-0.3, -0.25) is 5.32 Å². The lowest BCUT2D eigenvalue weighted by Crippen LogP contribution is -2.27. The fourth-order valence-electron chi connectivity index (χ4n) is 2.06. The average molecular weight is 317 g/mol. The largest absolute Gasteiger partial charge is 0.481 e. The first-order valence-corrected chi connectivity index (χ1v) is 7.12. The van der Waals surface area contributed by atoms with Crippen molar-refractivity contribution in [3.05, 3.63) is 36.4 Å². The van der Waals surface area contributed by atoms with Crippen LogP contribution in [-0.2, 0) is 9.53 Å². The number of carboxylic acid groups (broad SMARTS) is 1. The van der Waals surface area contributed by atoms with Gasteiger partial charge < -0.3 is 14.6 Å². The maximum absolute atomic E-state index is 11.9. The van der Waals surface area contributed by atoms with Gasteiger partial charge in [0.05, 0.1) is 5.69 Å². The topological polar surface area (TPSA) is 84.9 Å². The van der Waals surface area contributed by atoms with E-state index in [1.165, 1.54) is 0 Å². The van der Waals surface area contributed by atoms with Crippen LogP contribution in [0.25, 0.3) is 10.8 Å². The Hall–Kier alpha value is -2.76. The van der Waals surface area contributed by atoms with Crippen molar-refractivity contribution in [3.63, 3.8) is 0 Å². The molecule has 2 aromatic rings. The standard InChI is InChI=1S/C17H19NO5/c1-17(2,3)23-16(21)18-13-8-9-14(22-10-15(19)20)12-7-5-4-6-11(12)13/h4-9H,10H2,1-3H3,(H,18,21)(H,19,20). The van der Waals surface area contributed by atoms with E-state index in [-0.39, 0.29) is 0 Å². The normalized spacial score (nSPS) is 11.1. The number of carbonyl (C=O) groups is 2. The van der Waals surface area contributed by atoms with E-state index in [1.54, 1.807) is 39.0 Å². The predicted octanol–water partition coefficient (Wildman–Crippen LogP) is 3.65. The summed E-state index contributed by atoms with van der Waals surface area (Å²) in [5.74, 6) is -0.609. The summed E-state index contributed by atoms with van der Waals surface area (Å²) in [5.41, 5.74) is -0.0257. The molecule has 0 atom stereocenters. The molecule has 0 bridgehead atoms. The highest BCUT2D eigenvalue weighted by Crippen LogP contribution is 2.31. The summed E-state index contributed by atoms with van der Waals surface area (Å²) in [7, 11) is 0. The summed E-state index contributed by atoms with van der Waals surface area (Å²) in [4.78, 5) is 22.6. The van der Waals surface area contributed by atoms with Gasteiger partial charge in [0.2, 0.25) is 0 Å². The van der Waals surface area contributed by atoms with Crippen molar-refractivity contribution >= 4 is 28.5 Å². The summed E-state index contributed by atoms with van der Waals surface area (Å²) in [6.45, 7) is 4.93. The molecule has 0 saturated heterocycles. The van der Waals surface area contributed by atoms with Gasteiger partial charge in [-0.2, -0.15) is 0 Å². The molecular formula is C17H19NO5. The van der Waals surface area contributed by atoms with Crippen LogP contribution in [0, 0.1) is 0 Å². The SMILES string of the molecule is CC(C)(C)OC(=O)Nc1ccc(OCC(=O)O)c2ccccc12. The molecule has 0 fully saturated rings. The maximum atomic E-state index is 11.9. The van der Waals surface area contributed by atoms with E-state index in [2.05, 4.69) is 5.32 Å². The highest BCUT2D eigenvalue weighted by Gasteiger charge is 2.17. The van der Waals surface area contributed by atoms with Crippen molar-refractivity contribution in [2.75, 3.05) is 11.9 Å². The van der Waals surface area contributed by atoms with E-state index in [0.717, 1.165) is 5.39 Å². The van der Waals surface area contributed by atoms with Crippen LogP contribution in [0.2, 0.25) is 0 Å². The van der Waals surface area contributed by atoms with Crippen LogP contribution in [0.3, 0.4) is 0 Å². The van der Waals surface area contributed by atoms with Crippen molar-refractivity contribution in [2.24, 2.45) is 0 Å². The smallest absolute Gasteiger partial charge is 0.412 e. The molecule has 0 radical (unpaired) electrons. The van der Waals surface area contributed by atoms with Crippen LogP contribution < -0.4 is 10.1 Å². The fourth-order valence-corrected chi connectivity index (χ4v) is 2.06. The molecule has 122 valence electrons. The van der Waals surface area contributed by atoms with Gasteiger partial charge >= 0.3 is 12.1 Å². The number of nitrogens with one attached hydrogen (secondary N) is 1. The number of ether oxygens (including phenoxy) is 2. The first-order chi connectivity index (χ1) is 10.8. The number of amides is 1. The third-order valence-corrected chi connectivity index (χ3v) is 2.87. The molecule has 23 heavy (non-hydrogen) atoms. The molecule has 0 aliphatic rings. The number of fused-ring (bicyclic) bond motifs is 1. The number of hydrogen-bond donors (Lipinski definition) is 2. The number of aliphatic carboxylic acids is 1. The second-order valence-electron chi connectivity index (χ2n) is 5.97. The van der Waals surface area contributed by atoms with E-state index in [0.29, 0.717) is 16.8 Å². The van der Waals surface area contributed by atoms with Crippen LogP contribution in [0.15, 0.2) is 36.4 Å². The van der Waals surface area contributed by atoms with Crippen LogP contribution in [-0.4, -0.2) is 29.4 Å². The van der Waals surface area contributed by atoms with Gasteiger partial charge in [-0.1, -0.05) is 24.3 Å². The summed E-state index contributed by atoms with van der Waals surface area (Å²) < 4.78 is 10.5. The zero-order valence-electron chi connectivity index (χ0n) is 13.3. The Morgan fingerprint density at radius 3 is 2.35 bits per heavy atom. The molecule has 2 rings (SSSR count). The maximum Gasteiger partial charge on any atom is 0.412 e. The van der Waals surface area contributed by atoms with E-state index in [1.807, 2.05) is 18.2 Å². The van der Waals surface area contributed by atoms with Crippen LogP contribution in [0.5, 0.6) is 5.75 Å². The molecule has 0 heterocycles. The van der Waals surface area contributed by atoms with E-state index in [9.17, 15) is 9.59 Å². The Balaban J connectivity index is 2.30. The first-order valence-electron chi connectivity index (χ1n) is 7.12. The molecule has 1 amide bonds. The van der Waals surface area contributed by atoms with Crippen molar-refractivity contribution in [3.8, 4) is 5.75 Å². The van der Waals surface area contributed by atoms with E-state index < -0.39 is 24.3 Å². The van der Waals surface area contributed by atoms with Gasteiger partial charge in [0.25, 0.3) is 0 Å². The van der Waals surface area contributed by atoms with Gasteiger partial charge in [-0.15, -0.1) is 0 Å². The monoisotopic (exact) mass is 317 g/mol. The predicted molar refractivity (Wildman–Crippen MR) is 86.9 cm³/mol. The molecule has 0 aromatic heterocycles. The fraction of sp³-hybridized carbons (Fsp3) is 0.294. The minimum Gasteiger partial charge on any atom is -0.481 e. The summed E-state index contributed by atoms with van der Waals surface area (Å²) in [5, 5.41) is 12.9. The molecule has 0 unspecified atom stereocenters. The zero-order chi connectivity index (χ0) is 17.0. The number of rotatable bonds is 4. The Kier molecular flexibility index (Phi) is 4.74. The lowest BCUT2D eigenvalue weighted by Gasteiger charge is -2.20. The lowest BCUT2D eigenvalue weighted by molar-refractivity contribution is -0.139. The molecule has 0 aliphatic heterocycles. The van der Waals surface area contributed by atoms with Gasteiger partial charge in [-0.25, -0.2) is 9.59 Å². The van der Waals surface area contributed by atoms with Gasteiger partial charge in [-0.05, 0) is 32.9 Å². The molecule has 0 aliphatic carbocycles. The van der Waals surface area contributed by atoms with E-state index >= 15 is 0 Å². The third kappa shape index (κ3) is 4.60. The Labute approximate surface area is 134 Å². The minimum absolute atomic E-state index is 0.428. The first kappa shape index (κ1) is 16.6. The number of hydrogen-bond acceptors (Lipinski definition) is 4. The summed E-state index contributed by atoms with van der Waals surface area (Å²) in [6, 6.07) is 10.5. The number of anilines is 1. The van der Waals surface area contributed by atoms with Crippen molar-refractivity contribution in [2.45, 2.75) is 26.4 Å². The summed E-state index contributed by atoms with van der Waals surface area (Å²) >= 11 is 0. The van der Waals surface area contributed by atoms with Crippen molar-refractivity contribution in [1.29, 1.82) is 0 Å². The zero-order valence-corrected chi connectivity index (χ0v) is 13.3. The average Bonchev–Trinajstić information content (AvgIpc) is 2.44. The second kappa shape index (κ2) is 6.56. The number of carboxylic acids is 1. The van der Waals surface area contributed by atoms with E-state index in [4.69, 9.17) is 14.6 Å². The van der Waals surface area contributed by atoms with Gasteiger partial charge in [0.1, 0.15) is 11.4 Å². The number of benzene rings is 2. The van der Waals surface area contributed by atoms with Crippen molar-refractivity contribution < 1.29 is 24.2 Å². The molecule has 6 heteroatoms. The highest BCUT2D eigenvalue weighted by atomic mass is 16.6. The Morgan fingerprint density at radius 1 is 1.09 bits per heavy atom. The molecule has 2 aromatic carbocycles. The Bertz CT molecular complexity index is 733.